The van der Waals surface area contributed by atoms with E-state index in [9.17, 15) is 13.2 Å². The third-order valence-corrected chi connectivity index (χ3v) is 5.02. The molecule has 1 aliphatic rings. The zero-order valence-corrected chi connectivity index (χ0v) is 14.2. The summed E-state index contributed by atoms with van der Waals surface area (Å²) in [4.78, 5) is 13.9. The molecule has 1 fully saturated rings. The van der Waals surface area contributed by atoms with Gasteiger partial charge in [0.15, 0.2) is 9.84 Å². The summed E-state index contributed by atoms with van der Waals surface area (Å²) in [5.41, 5.74) is 1.12. The third-order valence-electron chi connectivity index (χ3n) is 3.88. The Balaban J connectivity index is 2.38. The van der Waals surface area contributed by atoms with Crippen molar-refractivity contribution in [3.8, 4) is 6.07 Å². The number of sulfone groups is 1. The summed E-state index contributed by atoms with van der Waals surface area (Å²) in [6, 6.07) is 6.55. The Hall–Kier alpha value is -2.07. The van der Waals surface area contributed by atoms with Crippen LogP contribution in [0.4, 0.5) is 11.4 Å². The molecule has 124 valence electrons. The van der Waals surface area contributed by atoms with Crippen molar-refractivity contribution in [3.63, 3.8) is 0 Å². The fraction of sp³-hybridized carbons (Fsp3) is 0.500. The Kier molecular flexibility index (Phi) is 5.26. The highest BCUT2D eigenvalue weighted by atomic mass is 32.2. The van der Waals surface area contributed by atoms with Crippen molar-refractivity contribution in [2.75, 3.05) is 29.6 Å². The van der Waals surface area contributed by atoms with Gasteiger partial charge < -0.3 is 10.2 Å². The number of hydrogen-bond acceptors (Lipinski definition) is 5. The van der Waals surface area contributed by atoms with Crippen LogP contribution < -0.4 is 10.2 Å². The first-order valence-corrected chi connectivity index (χ1v) is 9.46. The van der Waals surface area contributed by atoms with Crippen LogP contribution in [0.5, 0.6) is 0 Å². The van der Waals surface area contributed by atoms with E-state index in [2.05, 4.69) is 17.1 Å². The Morgan fingerprint density at radius 2 is 2.22 bits per heavy atom. The fourth-order valence-electron chi connectivity index (χ4n) is 2.84. The molecule has 1 aromatic rings. The Morgan fingerprint density at radius 3 is 2.83 bits per heavy atom. The molecule has 7 heteroatoms. The van der Waals surface area contributed by atoms with Gasteiger partial charge in [0.2, 0.25) is 5.91 Å². The number of amides is 1. The standard InChI is InChI=1S/C16H21N3O3S/c1-12-4-3-9-19(11-12)14-10-13(18-16(20)7-8-17)5-6-15(14)23(2,21)22/h5-6,10,12H,3-4,7,9,11H2,1-2H3,(H,18,20). The molecular formula is C16H21N3O3S. The van der Waals surface area contributed by atoms with Crippen LogP contribution in [0.15, 0.2) is 23.1 Å². The van der Waals surface area contributed by atoms with Crippen LogP contribution in [0, 0.1) is 17.2 Å². The number of hydrogen-bond donors (Lipinski definition) is 1. The molecule has 6 nitrogen and oxygen atoms in total. The zero-order chi connectivity index (χ0) is 17.0. The largest absolute Gasteiger partial charge is 0.370 e. The van der Waals surface area contributed by atoms with E-state index in [4.69, 9.17) is 5.26 Å². The second-order valence-electron chi connectivity index (χ2n) is 6.03. The molecule has 1 atom stereocenters. The molecule has 1 amide bonds. The number of nitriles is 1. The normalized spacial score (nSPS) is 18.3. The van der Waals surface area contributed by atoms with Crippen LogP contribution in [0.3, 0.4) is 0 Å². The second kappa shape index (κ2) is 7.01. The van der Waals surface area contributed by atoms with E-state index in [1.54, 1.807) is 18.2 Å². The van der Waals surface area contributed by atoms with Gasteiger partial charge in [-0.2, -0.15) is 5.26 Å². The van der Waals surface area contributed by atoms with Gasteiger partial charge in [0.25, 0.3) is 0 Å². The lowest BCUT2D eigenvalue weighted by atomic mass is 10.00. The van der Waals surface area contributed by atoms with Gasteiger partial charge >= 0.3 is 0 Å². The molecule has 0 aliphatic carbocycles. The number of carbonyl (C=O) groups is 1. The summed E-state index contributed by atoms with van der Waals surface area (Å²) in [6.45, 7) is 3.73. The van der Waals surface area contributed by atoms with Gasteiger partial charge in [-0.05, 0) is 37.0 Å². The van der Waals surface area contributed by atoms with E-state index in [1.807, 2.05) is 0 Å². The van der Waals surface area contributed by atoms with Crippen LogP contribution in [0.2, 0.25) is 0 Å². The smallest absolute Gasteiger partial charge is 0.238 e. The average molecular weight is 335 g/mol. The molecule has 0 bridgehead atoms. The molecule has 0 radical (unpaired) electrons. The van der Waals surface area contributed by atoms with Crippen molar-refractivity contribution < 1.29 is 13.2 Å². The predicted molar refractivity (Wildman–Crippen MR) is 89.0 cm³/mol. The molecule has 1 heterocycles. The van der Waals surface area contributed by atoms with Crippen molar-refractivity contribution in [2.24, 2.45) is 5.92 Å². The van der Waals surface area contributed by atoms with Crippen molar-refractivity contribution in [1.29, 1.82) is 5.26 Å². The van der Waals surface area contributed by atoms with Crippen molar-refractivity contribution in [3.05, 3.63) is 18.2 Å². The van der Waals surface area contributed by atoms with Gasteiger partial charge in [-0.15, -0.1) is 0 Å². The van der Waals surface area contributed by atoms with Crippen LogP contribution >= 0.6 is 0 Å². The van der Waals surface area contributed by atoms with Crippen LogP contribution in [-0.2, 0) is 14.6 Å². The van der Waals surface area contributed by atoms with Crippen LogP contribution in [0.1, 0.15) is 26.2 Å². The van der Waals surface area contributed by atoms with Crippen molar-refractivity contribution >= 4 is 27.1 Å². The first-order chi connectivity index (χ1) is 10.8. The molecule has 23 heavy (non-hydrogen) atoms. The quantitative estimate of drug-likeness (QED) is 0.911. The maximum Gasteiger partial charge on any atom is 0.238 e. The van der Waals surface area contributed by atoms with Gasteiger partial charge in [-0.25, -0.2) is 8.42 Å². The summed E-state index contributed by atoms with van der Waals surface area (Å²) in [5.74, 6) is 0.0885. The Labute approximate surface area is 137 Å². The minimum absolute atomic E-state index is 0.232. The number of nitrogens with one attached hydrogen (secondary N) is 1. The van der Waals surface area contributed by atoms with Gasteiger partial charge in [0, 0.05) is 25.0 Å². The zero-order valence-electron chi connectivity index (χ0n) is 13.4. The molecule has 1 aromatic carbocycles. The van der Waals surface area contributed by atoms with Crippen molar-refractivity contribution in [2.45, 2.75) is 31.1 Å². The summed E-state index contributed by atoms with van der Waals surface area (Å²) in [5, 5.41) is 11.2. The summed E-state index contributed by atoms with van der Waals surface area (Å²) in [6.07, 6.45) is 3.09. The number of piperidine rings is 1. The topological polar surface area (TPSA) is 90.3 Å². The van der Waals surface area contributed by atoms with E-state index in [1.165, 1.54) is 12.3 Å². The minimum Gasteiger partial charge on any atom is -0.370 e. The first-order valence-electron chi connectivity index (χ1n) is 7.57. The number of nitrogens with zero attached hydrogens (tertiary/aromatic N) is 2. The number of anilines is 2. The van der Waals surface area contributed by atoms with Gasteiger partial charge in [0.1, 0.15) is 6.42 Å². The molecule has 1 N–H and O–H groups in total. The van der Waals surface area contributed by atoms with Crippen LogP contribution in [0.25, 0.3) is 0 Å². The number of carbonyl (C=O) groups excluding carboxylic acids is 1. The SMILES string of the molecule is CC1CCCN(c2cc(NC(=O)CC#N)ccc2S(C)(=O)=O)C1. The molecule has 0 spiro atoms. The van der Waals surface area contributed by atoms with E-state index >= 15 is 0 Å². The lowest BCUT2D eigenvalue weighted by molar-refractivity contribution is -0.115. The monoisotopic (exact) mass is 335 g/mol. The molecule has 0 saturated carbocycles. The molecule has 0 aromatic heterocycles. The van der Waals surface area contributed by atoms with Crippen LogP contribution in [-0.4, -0.2) is 33.7 Å². The first kappa shape index (κ1) is 17.3. The van der Waals surface area contributed by atoms with E-state index in [0.29, 0.717) is 17.3 Å². The maximum absolute atomic E-state index is 12.1. The van der Waals surface area contributed by atoms with E-state index in [-0.39, 0.29) is 11.3 Å². The molecular weight excluding hydrogens is 314 g/mol. The lowest BCUT2D eigenvalue weighted by Crippen LogP contribution is -2.35. The molecule has 1 saturated heterocycles. The molecule has 2 rings (SSSR count). The Bertz CT molecular complexity index is 737. The summed E-state index contributed by atoms with van der Waals surface area (Å²) in [7, 11) is -3.36. The van der Waals surface area contributed by atoms with Gasteiger partial charge in [0.05, 0.1) is 16.7 Å². The van der Waals surface area contributed by atoms with Gasteiger partial charge in [-0.3, -0.25) is 4.79 Å². The predicted octanol–water partition coefficient (Wildman–Crippen LogP) is 2.18. The number of rotatable bonds is 4. The molecule has 1 unspecified atom stereocenters. The lowest BCUT2D eigenvalue weighted by Gasteiger charge is -2.34. The summed E-state index contributed by atoms with van der Waals surface area (Å²) < 4.78 is 24.1. The second-order valence-corrected chi connectivity index (χ2v) is 8.02. The van der Waals surface area contributed by atoms with Gasteiger partial charge in [-0.1, -0.05) is 6.92 Å². The third kappa shape index (κ3) is 4.45. The highest BCUT2D eigenvalue weighted by Gasteiger charge is 2.23. The molecule has 1 aliphatic heterocycles. The number of benzene rings is 1. The minimum atomic E-state index is -3.36. The average Bonchev–Trinajstić information content (AvgIpc) is 2.46. The fourth-order valence-corrected chi connectivity index (χ4v) is 3.72. The summed E-state index contributed by atoms with van der Waals surface area (Å²) >= 11 is 0. The Morgan fingerprint density at radius 1 is 1.48 bits per heavy atom. The van der Waals surface area contributed by atoms with E-state index in [0.717, 1.165) is 25.9 Å². The van der Waals surface area contributed by atoms with Crippen molar-refractivity contribution in [1.82, 2.24) is 0 Å². The maximum atomic E-state index is 12.1. The highest BCUT2D eigenvalue weighted by Crippen LogP contribution is 2.32. The van der Waals surface area contributed by atoms with E-state index < -0.39 is 15.7 Å². The highest BCUT2D eigenvalue weighted by molar-refractivity contribution is 7.90.